The Morgan fingerprint density at radius 2 is 2.00 bits per heavy atom. The summed E-state index contributed by atoms with van der Waals surface area (Å²) in [5.74, 6) is -0.0616. The third kappa shape index (κ3) is 3.45. The lowest BCUT2D eigenvalue weighted by Gasteiger charge is -2.22. The van der Waals surface area contributed by atoms with Gasteiger partial charge in [-0.3, -0.25) is 4.79 Å². The lowest BCUT2D eigenvalue weighted by atomic mass is 10.2. The van der Waals surface area contributed by atoms with Crippen molar-refractivity contribution in [2.75, 3.05) is 6.54 Å². The van der Waals surface area contributed by atoms with E-state index in [0.29, 0.717) is 17.1 Å². The highest BCUT2D eigenvalue weighted by Crippen LogP contribution is 2.23. The van der Waals surface area contributed by atoms with Crippen LogP contribution in [0.15, 0.2) is 12.1 Å². The van der Waals surface area contributed by atoms with Gasteiger partial charge in [-0.05, 0) is 40.8 Å². The minimum absolute atomic E-state index is 0.0616. The van der Waals surface area contributed by atoms with Gasteiger partial charge >= 0.3 is 0 Å². The molecule has 0 aliphatic heterocycles. The molecular formula is C12H17ClINOSi. The van der Waals surface area contributed by atoms with Gasteiger partial charge < -0.3 is 5.32 Å². The van der Waals surface area contributed by atoms with Crippen LogP contribution in [0, 0.1) is 3.57 Å². The topological polar surface area (TPSA) is 29.1 Å². The lowest BCUT2D eigenvalue weighted by molar-refractivity contribution is 0.0957. The Morgan fingerprint density at radius 3 is 2.47 bits per heavy atom. The summed E-state index contributed by atoms with van der Waals surface area (Å²) in [6, 6.07) is 4.03. The Morgan fingerprint density at radius 1 is 1.41 bits per heavy atom. The summed E-state index contributed by atoms with van der Waals surface area (Å²) in [5, 5.41) is 4.54. The van der Waals surface area contributed by atoms with Gasteiger partial charge in [0.2, 0.25) is 0 Å². The molecule has 0 saturated carbocycles. The molecule has 94 valence electrons. The van der Waals surface area contributed by atoms with Gasteiger partial charge in [0.15, 0.2) is 0 Å². The van der Waals surface area contributed by atoms with E-state index in [1.807, 2.05) is 19.1 Å². The summed E-state index contributed by atoms with van der Waals surface area (Å²) in [6.45, 7) is 9.18. The standard InChI is InChI=1S/C12H17ClINOSi/c1-5-15-12(16)10-9(17(2,3)4)7-6-8(14)11(10)13/h6-7H,5H2,1-4H3,(H,15,16). The Kier molecular flexibility index (Phi) is 5.03. The minimum atomic E-state index is -1.57. The number of halogens is 2. The molecule has 1 rings (SSSR count). The molecule has 0 radical (unpaired) electrons. The van der Waals surface area contributed by atoms with Crippen molar-refractivity contribution in [3.63, 3.8) is 0 Å². The molecule has 0 aliphatic rings. The van der Waals surface area contributed by atoms with Gasteiger partial charge in [0.05, 0.1) is 18.7 Å². The molecule has 0 fully saturated rings. The molecule has 0 bridgehead atoms. The second-order valence-corrected chi connectivity index (χ2v) is 11.5. The maximum absolute atomic E-state index is 12.1. The molecule has 0 spiro atoms. The number of amides is 1. The zero-order chi connectivity index (χ0) is 13.2. The lowest BCUT2D eigenvalue weighted by Crippen LogP contribution is -2.43. The second kappa shape index (κ2) is 5.71. The molecule has 2 nitrogen and oxygen atoms in total. The number of rotatable bonds is 3. The summed E-state index contributed by atoms with van der Waals surface area (Å²) in [7, 11) is -1.57. The first kappa shape index (κ1) is 15.0. The number of hydrogen-bond acceptors (Lipinski definition) is 1. The molecule has 0 saturated heterocycles. The quantitative estimate of drug-likeness (QED) is 0.632. The average molecular weight is 382 g/mol. The summed E-state index contributed by atoms with van der Waals surface area (Å²) in [4.78, 5) is 12.1. The maximum atomic E-state index is 12.1. The van der Waals surface area contributed by atoms with E-state index in [2.05, 4.69) is 47.5 Å². The Labute approximate surface area is 122 Å². The van der Waals surface area contributed by atoms with E-state index in [1.54, 1.807) is 0 Å². The third-order valence-corrected chi connectivity index (χ3v) is 6.11. The molecule has 0 atom stereocenters. The van der Waals surface area contributed by atoms with Gasteiger partial charge in [0.25, 0.3) is 5.91 Å². The van der Waals surface area contributed by atoms with Crippen LogP contribution in [-0.2, 0) is 0 Å². The molecule has 1 aromatic rings. The van der Waals surface area contributed by atoms with Crippen LogP contribution >= 0.6 is 34.2 Å². The van der Waals surface area contributed by atoms with Gasteiger partial charge in [-0.25, -0.2) is 0 Å². The van der Waals surface area contributed by atoms with Crippen molar-refractivity contribution in [1.29, 1.82) is 0 Å². The highest BCUT2D eigenvalue weighted by atomic mass is 127. The van der Waals surface area contributed by atoms with Crippen molar-refractivity contribution >= 4 is 53.4 Å². The molecule has 1 amide bonds. The van der Waals surface area contributed by atoms with Crippen molar-refractivity contribution in [3.05, 3.63) is 26.3 Å². The van der Waals surface area contributed by atoms with Gasteiger partial charge in [-0.15, -0.1) is 0 Å². The van der Waals surface area contributed by atoms with E-state index in [4.69, 9.17) is 11.6 Å². The van der Waals surface area contributed by atoms with E-state index in [-0.39, 0.29) is 5.91 Å². The predicted octanol–water partition coefficient (Wildman–Crippen LogP) is 3.24. The summed E-state index contributed by atoms with van der Waals surface area (Å²) >= 11 is 8.45. The molecular weight excluding hydrogens is 365 g/mol. The zero-order valence-electron chi connectivity index (χ0n) is 10.5. The van der Waals surface area contributed by atoms with Gasteiger partial charge in [0.1, 0.15) is 0 Å². The van der Waals surface area contributed by atoms with E-state index in [0.717, 1.165) is 8.76 Å². The molecule has 1 N–H and O–H groups in total. The Bertz CT molecular complexity index is 443. The molecule has 0 aromatic heterocycles. The van der Waals surface area contributed by atoms with Crippen LogP contribution in [0.3, 0.4) is 0 Å². The highest BCUT2D eigenvalue weighted by molar-refractivity contribution is 14.1. The number of nitrogens with one attached hydrogen (secondary N) is 1. The summed E-state index contributed by atoms with van der Waals surface area (Å²) in [5.41, 5.74) is 0.666. The predicted molar refractivity (Wildman–Crippen MR) is 85.2 cm³/mol. The fraction of sp³-hybridized carbons (Fsp3) is 0.417. The molecule has 17 heavy (non-hydrogen) atoms. The van der Waals surface area contributed by atoms with Crippen LogP contribution in [0.1, 0.15) is 17.3 Å². The van der Waals surface area contributed by atoms with Crippen molar-refractivity contribution in [1.82, 2.24) is 5.32 Å². The molecule has 0 heterocycles. The normalized spacial score (nSPS) is 11.4. The SMILES string of the molecule is CCNC(=O)c1c([Si](C)(C)C)ccc(I)c1Cl. The van der Waals surface area contributed by atoms with Crippen LogP contribution in [0.5, 0.6) is 0 Å². The number of carbonyl (C=O) groups excluding carboxylic acids is 1. The highest BCUT2D eigenvalue weighted by Gasteiger charge is 2.26. The smallest absolute Gasteiger partial charge is 0.252 e. The van der Waals surface area contributed by atoms with Crippen LogP contribution in [0.25, 0.3) is 0 Å². The van der Waals surface area contributed by atoms with Gasteiger partial charge in [-0.2, -0.15) is 0 Å². The zero-order valence-corrected chi connectivity index (χ0v) is 14.4. The van der Waals surface area contributed by atoms with Crippen molar-refractivity contribution < 1.29 is 4.79 Å². The third-order valence-electron chi connectivity index (χ3n) is 2.47. The van der Waals surface area contributed by atoms with E-state index in [1.165, 1.54) is 0 Å². The molecule has 0 unspecified atom stereocenters. The first-order chi connectivity index (χ1) is 7.79. The van der Waals surface area contributed by atoms with E-state index in [9.17, 15) is 4.79 Å². The van der Waals surface area contributed by atoms with Crippen LogP contribution in [-0.4, -0.2) is 20.5 Å². The second-order valence-electron chi connectivity index (χ2n) is 4.89. The minimum Gasteiger partial charge on any atom is -0.352 e. The van der Waals surface area contributed by atoms with Crippen molar-refractivity contribution in [2.45, 2.75) is 26.6 Å². The molecule has 0 aliphatic carbocycles. The first-order valence-electron chi connectivity index (χ1n) is 5.55. The van der Waals surface area contributed by atoms with Crippen LogP contribution < -0.4 is 10.5 Å². The number of hydrogen-bond donors (Lipinski definition) is 1. The first-order valence-corrected chi connectivity index (χ1v) is 10.5. The molecule has 5 heteroatoms. The Balaban J connectivity index is 3.42. The fourth-order valence-corrected chi connectivity index (χ4v) is 4.00. The number of benzene rings is 1. The number of carbonyl (C=O) groups is 1. The average Bonchev–Trinajstić information content (AvgIpc) is 2.20. The van der Waals surface area contributed by atoms with E-state index < -0.39 is 8.07 Å². The maximum Gasteiger partial charge on any atom is 0.252 e. The van der Waals surface area contributed by atoms with Crippen LogP contribution in [0.2, 0.25) is 24.7 Å². The summed E-state index contributed by atoms with van der Waals surface area (Å²) in [6.07, 6.45) is 0. The summed E-state index contributed by atoms with van der Waals surface area (Å²) < 4.78 is 0.924. The van der Waals surface area contributed by atoms with Crippen molar-refractivity contribution in [3.8, 4) is 0 Å². The van der Waals surface area contributed by atoms with Gasteiger partial charge in [-0.1, -0.05) is 37.3 Å². The molecule has 1 aromatic carbocycles. The van der Waals surface area contributed by atoms with Crippen LogP contribution in [0.4, 0.5) is 0 Å². The Hall–Kier alpha value is -0.0731. The van der Waals surface area contributed by atoms with Crippen molar-refractivity contribution in [2.24, 2.45) is 0 Å². The van der Waals surface area contributed by atoms with Gasteiger partial charge in [0, 0.05) is 10.1 Å². The van der Waals surface area contributed by atoms with E-state index >= 15 is 0 Å². The largest absolute Gasteiger partial charge is 0.352 e. The fourth-order valence-electron chi connectivity index (χ4n) is 1.65. The monoisotopic (exact) mass is 381 g/mol.